The molecule has 3 rings (SSSR count). The predicted octanol–water partition coefficient (Wildman–Crippen LogP) is 2.29. The smallest absolute Gasteiger partial charge is 0.229 e. The summed E-state index contributed by atoms with van der Waals surface area (Å²) in [5, 5.41) is 7.56. The molecule has 1 fully saturated rings. The fraction of sp³-hybridized carbons (Fsp3) is 0.389. The van der Waals surface area contributed by atoms with Gasteiger partial charge in [0, 0.05) is 30.9 Å². The van der Waals surface area contributed by atoms with E-state index in [1.54, 1.807) is 24.6 Å². The molecule has 1 saturated heterocycles. The lowest BCUT2D eigenvalue weighted by Gasteiger charge is -2.32. The van der Waals surface area contributed by atoms with Gasteiger partial charge in [-0.1, -0.05) is 6.07 Å². The van der Waals surface area contributed by atoms with Crippen molar-refractivity contribution in [2.75, 3.05) is 30.4 Å². The molecule has 0 saturated carbocycles. The van der Waals surface area contributed by atoms with Crippen molar-refractivity contribution in [3.8, 4) is 0 Å². The van der Waals surface area contributed by atoms with Crippen molar-refractivity contribution in [3.63, 3.8) is 0 Å². The number of hydrogen-bond donors (Lipinski definition) is 2. The molecule has 0 aromatic carbocycles. The van der Waals surface area contributed by atoms with Crippen LogP contribution in [0.3, 0.4) is 0 Å². The van der Waals surface area contributed by atoms with Gasteiger partial charge >= 0.3 is 0 Å². The number of anilines is 2. The highest BCUT2D eigenvalue weighted by atomic mass is 32.1. The second-order valence-corrected chi connectivity index (χ2v) is 7.12. The van der Waals surface area contributed by atoms with Gasteiger partial charge < -0.3 is 15.5 Å². The Hall–Kier alpha value is -2.41. The molecule has 6 nitrogen and oxygen atoms in total. The summed E-state index contributed by atoms with van der Waals surface area (Å²) in [5.41, 5.74) is 0.700. The standard InChI is InChI=1S/C18H22N4O2S/c1-19-18(24)13-6-8-22(9-7-13)16-5-4-14(12-20-16)21-17(23)11-15-3-2-10-25-15/h2-5,10,12-13H,6-9,11H2,1H3,(H,19,24)(H,21,23). The van der Waals surface area contributed by atoms with E-state index in [1.165, 1.54) is 0 Å². The van der Waals surface area contributed by atoms with Gasteiger partial charge in [0.2, 0.25) is 11.8 Å². The minimum Gasteiger partial charge on any atom is -0.359 e. The maximum Gasteiger partial charge on any atom is 0.229 e. The number of nitrogens with zero attached hydrogens (tertiary/aromatic N) is 2. The molecule has 2 amide bonds. The average molecular weight is 358 g/mol. The molecular formula is C18H22N4O2S. The summed E-state index contributed by atoms with van der Waals surface area (Å²) >= 11 is 1.58. The Morgan fingerprint density at radius 2 is 2.08 bits per heavy atom. The van der Waals surface area contributed by atoms with E-state index in [-0.39, 0.29) is 17.7 Å². The maximum absolute atomic E-state index is 12.0. The van der Waals surface area contributed by atoms with Gasteiger partial charge in [-0.05, 0) is 36.4 Å². The van der Waals surface area contributed by atoms with E-state index in [9.17, 15) is 9.59 Å². The summed E-state index contributed by atoms with van der Waals surface area (Å²) in [7, 11) is 1.68. The number of carbonyl (C=O) groups is 2. The van der Waals surface area contributed by atoms with Gasteiger partial charge in [0.15, 0.2) is 0 Å². The van der Waals surface area contributed by atoms with Crippen molar-refractivity contribution < 1.29 is 9.59 Å². The predicted molar refractivity (Wildman–Crippen MR) is 99.9 cm³/mol. The van der Waals surface area contributed by atoms with E-state index in [2.05, 4.69) is 20.5 Å². The Morgan fingerprint density at radius 1 is 1.28 bits per heavy atom. The Bertz CT molecular complexity index is 707. The molecule has 0 atom stereocenters. The number of carbonyl (C=O) groups excluding carboxylic acids is 2. The minimum atomic E-state index is -0.0385. The van der Waals surface area contributed by atoms with Gasteiger partial charge in [-0.15, -0.1) is 11.3 Å². The third-order valence-corrected chi connectivity index (χ3v) is 5.26. The molecule has 7 heteroatoms. The lowest BCUT2D eigenvalue weighted by atomic mass is 9.96. The first kappa shape index (κ1) is 17.4. The van der Waals surface area contributed by atoms with Gasteiger partial charge in [-0.25, -0.2) is 4.98 Å². The van der Waals surface area contributed by atoms with Crippen LogP contribution in [0.15, 0.2) is 35.8 Å². The molecule has 25 heavy (non-hydrogen) atoms. The van der Waals surface area contributed by atoms with E-state index >= 15 is 0 Å². The van der Waals surface area contributed by atoms with Crippen LogP contribution in [-0.4, -0.2) is 36.9 Å². The topological polar surface area (TPSA) is 74.3 Å². The quantitative estimate of drug-likeness (QED) is 0.860. The van der Waals surface area contributed by atoms with E-state index in [0.29, 0.717) is 12.1 Å². The van der Waals surface area contributed by atoms with Crippen LogP contribution in [0.5, 0.6) is 0 Å². The number of amides is 2. The third-order valence-electron chi connectivity index (χ3n) is 4.38. The number of aromatic nitrogens is 1. The van der Waals surface area contributed by atoms with Crippen LogP contribution in [0.4, 0.5) is 11.5 Å². The molecule has 132 valence electrons. The molecule has 2 aromatic rings. The van der Waals surface area contributed by atoms with Gasteiger partial charge in [-0.3, -0.25) is 9.59 Å². The van der Waals surface area contributed by atoms with Crippen LogP contribution in [0.25, 0.3) is 0 Å². The van der Waals surface area contributed by atoms with Crippen molar-refractivity contribution in [2.24, 2.45) is 5.92 Å². The summed E-state index contributed by atoms with van der Waals surface area (Å²) in [5.74, 6) is 1.06. The van der Waals surface area contributed by atoms with Crippen LogP contribution < -0.4 is 15.5 Å². The zero-order chi connectivity index (χ0) is 17.6. The van der Waals surface area contributed by atoms with Gasteiger partial charge in [0.25, 0.3) is 0 Å². The van der Waals surface area contributed by atoms with E-state index in [4.69, 9.17) is 0 Å². The molecule has 0 spiro atoms. The Morgan fingerprint density at radius 3 is 2.68 bits per heavy atom. The second-order valence-electron chi connectivity index (χ2n) is 6.08. The van der Waals surface area contributed by atoms with Crippen molar-refractivity contribution in [3.05, 3.63) is 40.7 Å². The summed E-state index contributed by atoms with van der Waals surface area (Å²) in [6, 6.07) is 7.69. The largest absolute Gasteiger partial charge is 0.359 e. The van der Waals surface area contributed by atoms with E-state index in [0.717, 1.165) is 36.6 Å². The molecule has 1 aliphatic rings. The number of hydrogen-bond acceptors (Lipinski definition) is 5. The molecule has 2 N–H and O–H groups in total. The summed E-state index contributed by atoms with van der Waals surface area (Å²) < 4.78 is 0. The highest BCUT2D eigenvalue weighted by Gasteiger charge is 2.24. The van der Waals surface area contributed by atoms with Crippen LogP contribution >= 0.6 is 11.3 Å². The molecule has 1 aliphatic heterocycles. The number of rotatable bonds is 5. The number of nitrogens with one attached hydrogen (secondary N) is 2. The van der Waals surface area contributed by atoms with E-state index in [1.807, 2.05) is 29.6 Å². The zero-order valence-corrected chi connectivity index (χ0v) is 15.0. The average Bonchev–Trinajstić information content (AvgIpc) is 3.14. The van der Waals surface area contributed by atoms with Crippen LogP contribution in [0.1, 0.15) is 17.7 Å². The molecule has 0 aliphatic carbocycles. The lowest BCUT2D eigenvalue weighted by molar-refractivity contribution is -0.125. The van der Waals surface area contributed by atoms with Crippen molar-refractivity contribution >= 4 is 34.7 Å². The van der Waals surface area contributed by atoms with Crippen molar-refractivity contribution in [1.82, 2.24) is 10.3 Å². The highest BCUT2D eigenvalue weighted by molar-refractivity contribution is 7.10. The molecule has 0 bridgehead atoms. The first-order valence-electron chi connectivity index (χ1n) is 8.40. The third kappa shape index (κ3) is 4.57. The summed E-state index contributed by atoms with van der Waals surface area (Å²) in [6.45, 7) is 1.63. The van der Waals surface area contributed by atoms with Crippen LogP contribution in [0, 0.1) is 5.92 Å². The monoisotopic (exact) mass is 358 g/mol. The Balaban J connectivity index is 1.52. The molecule has 0 unspecified atom stereocenters. The van der Waals surface area contributed by atoms with Crippen LogP contribution in [-0.2, 0) is 16.0 Å². The molecular weight excluding hydrogens is 336 g/mol. The normalized spacial score (nSPS) is 15.0. The van der Waals surface area contributed by atoms with Gasteiger partial charge in [0.1, 0.15) is 5.82 Å². The van der Waals surface area contributed by atoms with Crippen molar-refractivity contribution in [1.29, 1.82) is 0 Å². The zero-order valence-electron chi connectivity index (χ0n) is 14.2. The summed E-state index contributed by atoms with van der Waals surface area (Å²) in [6.07, 6.45) is 3.74. The maximum atomic E-state index is 12.0. The lowest BCUT2D eigenvalue weighted by Crippen LogP contribution is -2.39. The van der Waals surface area contributed by atoms with E-state index < -0.39 is 0 Å². The van der Waals surface area contributed by atoms with Gasteiger partial charge in [-0.2, -0.15) is 0 Å². The Labute approximate surface area is 151 Å². The van der Waals surface area contributed by atoms with Crippen LogP contribution in [0.2, 0.25) is 0 Å². The van der Waals surface area contributed by atoms with Crippen molar-refractivity contribution in [2.45, 2.75) is 19.3 Å². The fourth-order valence-electron chi connectivity index (χ4n) is 3.00. The first-order valence-corrected chi connectivity index (χ1v) is 9.28. The number of thiophene rings is 1. The SMILES string of the molecule is CNC(=O)C1CCN(c2ccc(NC(=O)Cc3cccs3)cn2)CC1. The number of pyridine rings is 1. The highest BCUT2D eigenvalue weighted by Crippen LogP contribution is 2.23. The summed E-state index contributed by atoms with van der Waals surface area (Å²) in [4.78, 5) is 31.4. The molecule has 0 radical (unpaired) electrons. The second kappa shape index (κ2) is 8.11. The molecule has 2 aromatic heterocycles. The number of piperidine rings is 1. The first-order chi connectivity index (χ1) is 12.2. The molecule has 3 heterocycles. The Kier molecular flexibility index (Phi) is 5.65. The minimum absolute atomic E-state index is 0.0385. The fourth-order valence-corrected chi connectivity index (χ4v) is 3.70. The van der Waals surface area contributed by atoms with Gasteiger partial charge in [0.05, 0.1) is 18.3 Å².